The van der Waals surface area contributed by atoms with Crippen molar-refractivity contribution in [2.45, 2.75) is 19.8 Å². The molecule has 4 aromatic rings. The van der Waals surface area contributed by atoms with Crippen LogP contribution < -0.4 is 0 Å². The molecule has 0 amide bonds. The second kappa shape index (κ2) is 6.65. The Balaban J connectivity index is 1.60. The Kier molecular flexibility index (Phi) is 4.35. The van der Waals surface area contributed by atoms with Crippen molar-refractivity contribution in [2.75, 3.05) is 0 Å². The maximum Gasteiger partial charge on any atom is 0.143 e. The van der Waals surface area contributed by atoms with Crippen LogP contribution in [0, 0.1) is 6.92 Å². The normalized spacial score (nSPS) is 11.3. The molecule has 3 aromatic heterocycles. The van der Waals surface area contributed by atoms with Crippen LogP contribution in [0.15, 0.2) is 40.4 Å². The molecule has 0 spiro atoms. The summed E-state index contributed by atoms with van der Waals surface area (Å²) in [5.41, 5.74) is 2.89. The summed E-state index contributed by atoms with van der Waals surface area (Å²) >= 11 is 5.19. The van der Waals surface area contributed by atoms with Crippen LogP contribution in [0.25, 0.3) is 21.6 Å². The lowest BCUT2D eigenvalue weighted by atomic mass is 10.2. The summed E-state index contributed by atoms with van der Waals surface area (Å²) in [6, 6.07) is 6.08. The van der Waals surface area contributed by atoms with Crippen molar-refractivity contribution in [3.05, 3.63) is 57.8 Å². The van der Waals surface area contributed by atoms with Crippen LogP contribution in [0.1, 0.15) is 17.3 Å². The molecule has 0 atom stereocenters. The molecule has 1 aromatic carbocycles. The average molecular weight is 414 g/mol. The monoisotopic (exact) mass is 413 g/mol. The number of rotatable bonds is 4. The van der Waals surface area contributed by atoms with Crippen molar-refractivity contribution in [3.63, 3.8) is 0 Å². The summed E-state index contributed by atoms with van der Waals surface area (Å²) in [5.74, 6) is 1.86. The molecular weight excluding hydrogens is 398 g/mol. The summed E-state index contributed by atoms with van der Waals surface area (Å²) in [5, 5.41) is 4.00. The minimum Gasteiger partial charge on any atom is -0.337 e. The van der Waals surface area contributed by atoms with Gasteiger partial charge in [-0.05, 0) is 28.9 Å². The van der Waals surface area contributed by atoms with Crippen molar-refractivity contribution in [3.8, 4) is 10.7 Å². The molecule has 0 unspecified atom stereocenters. The highest BCUT2D eigenvalue weighted by Gasteiger charge is 2.12. The average Bonchev–Trinajstić information content (AvgIpc) is 3.24. The molecule has 4 rings (SSSR count). The molecule has 0 radical (unpaired) electrons. The first-order valence-corrected chi connectivity index (χ1v) is 9.63. The highest BCUT2D eigenvalue weighted by Crippen LogP contribution is 2.24. The molecule has 0 aliphatic carbocycles. The Bertz CT molecular complexity index is 1040. The minimum absolute atomic E-state index is 0.750. The van der Waals surface area contributed by atoms with Crippen molar-refractivity contribution >= 4 is 38.2 Å². The van der Waals surface area contributed by atoms with Crippen LogP contribution in [0.3, 0.4) is 0 Å². The number of thiazole rings is 1. The fourth-order valence-corrected chi connectivity index (χ4v) is 3.90. The molecule has 0 saturated heterocycles. The lowest BCUT2D eigenvalue weighted by Crippen LogP contribution is -2.04. The number of halogens is 1. The van der Waals surface area contributed by atoms with Crippen LogP contribution in [0.5, 0.6) is 0 Å². The molecule has 3 heterocycles. The lowest BCUT2D eigenvalue weighted by molar-refractivity contribution is 0.748. The van der Waals surface area contributed by atoms with Crippen LogP contribution >= 0.6 is 27.3 Å². The van der Waals surface area contributed by atoms with Crippen LogP contribution in [0.2, 0.25) is 0 Å². The Morgan fingerprint density at radius 3 is 2.84 bits per heavy atom. The first-order valence-electron chi connectivity index (χ1n) is 7.95. The van der Waals surface area contributed by atoms with Gasteiger partial charge in [0.1, 0.15) is 22.4 Å². The third-order valence-electron chi connectivity index (χ3n) is 4.11. The van der Waals surface area contributed by atoms with Gasteiger partial charge in [-0.15, -0.1) is 11.3 Å². The zero-order valence-electron chi connectivity index (χ0n) is 13.9. The van der Waals surface area contributed by atoms with Gasteiger partial charge in [0.15, 0.2) is 0 Å². The summed E-state index contributed by atoms with van der Waals surface area (Å²) < 4.78 is 3.06. The van der Waals surface area contributed by atoms with E-state index >= 15 is 0 Å². The van der Waals surface area contributed by atoms with E-state index in [4.69, 9.17) is 9.97 Å². The van der Waals surface area contributed by atoms with Gasteiger partial charge in [-0.2, -0.15) is 0 Å². The smallest absolute Gasteiger partial charge is 0.143 e. The van der Waals surface area contributed by atoms with E-state index in [2.05, 4.69) is 36.5 Å². The third kappa shape index (κ3) is 3.21. The number of hydrogen-bond acceptors (Lipinski definition) is 5. The molecule has 0 saturated carbocycles. The minimum atomic E-state index is 0.750. The lowest BCUT2D eigenvalue weighted by Gasteiger charge is -2.07. The van der Waals surface area contributed by atoms with E-state index in [0.717, 1.165) is 56.3 Å². The third-order valence-corrected chi connectivity index (χ3v) is 5.55. The van der Waals surface area contributed by atoms with E-state index < -0.39 is 0 Å². The SMILES string of the molecule is Cc1nc(CCc2nc(-c3nccs3)cn2C)nc2c(Br)cccc12. The number of hydrogen-bond donors (Lipinski definition) is 0. The number of aryl methyl sites for hydroxylation is 4. The van der Waals surface area contributed by atoms with Crippen molar-refractivity contribution in [1.82, 2.24) is 24.5 Å². The molecule has 0 aliphatic heterocycles. The standard InChI is InChI=1S/C18H16BrN5S/c1-11-12-4-3-5-13(19)17(12)23-15(21-11)6-7-16-22-14(10-24(16)2)18-20-8-9-25-18/h3-5,8-10H,6-7H2,1-2H3. The van der Waals surface area contributed by atoms with Gasteiger partial charge in [0.2, 0.25) is 0 Å². The number of benzene rings is 1. The number of para-hydroxylation sites is 1. The fraction of sp³-hybridized carbons (Fsp3) is 0.222. The van der Waals surface area contributed by atoms with Gasteiger partial charge in [0, 0.05) is 53.2 Å². The van der Waals surface area contributed by atoms with Crippen molar-refractivity contribution in [1.29, 1.82) is 0 Å². The van der Waals surface area contributed by atoms with E-state index in [0.29, 0.717) is 0 Å². The van der Waals surface area contributed by atoms with E-state index in [-0.39, 0.29) is 0 Å². The maximum absolute atomic E-state index is 4.73. The molecule has 7 heteroatoms. The van der Waals surface area contributed by atoms with Gasteiger partial charge >= 0.3 is 0 Å². The molecule has 25 heavy (non-hydrogen) atoms. The van der Waals surface area contributed by atoms with Crippen molar-refractivity contribution < 1.29 is 0 Å². The van der Waals surface area contributed by atoms with Crippen LogP contribution in [-0.4, -0.2) is 24.5 Å². The van der Waals surface area contributed by atoms with Crippen LogP contribution in [0.4, 0.5) is 0 Å². The Hall–Kier alpha value is -2.12. The first kappa shape index (κ1) is 16.4. The Morgan fingerprint density at radius 1 is 1.16 bits per heavy atom. The predicted molar refractivity (Wildman–Crippen MR) is 104 cm³/mol. The highest BCUT2D eigenvalue weighted by molar-refractivity contribution is 9.10. The van der Waals surface area contributed by atoms with Gasteiger partial charge < -0.3 is 4.57 Å². The van der Waals surface area contributed by atoms with Gasteiger partial charge in [-0.3, -0.25) is 0 Å². The predicted octanol–water partition coefficient (Wildman–Crippen LogP) is 4.34. The van der Waals surface area contributed by atoms with E-state index in [1.807, 2.05) is 37.7 Å². The van der Waals surface area contributed by atoms with E-state index in [1.165, 1.54) is 0 Å². The largest absolute Gasteiger partial charge is 0.337 e. The quantitative estimate of drug-likeness (QED) is 0.499. The summed E-state index contributed by atoms with van der Waals surface area (Å²) in [6.45, 7) is 2.03. The Morgan fingerprint density at radius 2 is 2.04 bits per heavy atom. The summed E-state index contributed by atoms with van der Waals surface area (Å²) in [4.78, 5) is 18.4. The van der Waals surface area contributed by atoms with Crippen molar-refractivity contribution in [2.24, 2.45) is 7.05 Å². The molecule has 5 nitrogen and oxygen atoms in total. The Labute approximate surface area is 157 Å². The second-order valence-corrected chi connectivity index (χ2v) is 7.60. The number of fused-ring (bicyclic) bond motifs is 1. The van der Waals surface area contributed by atoms with Crippen LogP contribution in [-0.2, 0) is 19.9 Å². The topological polar surface area (TPSA) is 56.5 Å². The number of imidazole rings is 1. The van der Waals surface area contributed by atoms with E-state index in [1.54, 1.807) is 17.5 Å². The molecule has 0 fully saturated rings. The fourth-order valence-electron chi connectivity index (χ4n) is 2.85. The summed E-state index contributed by atoms with van der Waals surface area (Å²) in [6.07, 6.45) is 5.37. The van der Waals surface area contributed by atoms with Gasteiger partial charge in [-0.1, -0.05) is 12.1 Å². The zero-order valence-corrected chi connectivity index (χ0v) is 16.3. The molecule has 0 N–H and O–H groups in total. The summed E-state index contributed by atoms with van der Waals surface area (Å²) in [7, 11) is 2.02. The maximum atomic E-state index is 4.73. The van der Waals surface area contributed by atoms with Gasteiger partial charge in [0.25, 0.3) is 0 Å². The van der Waals surface area contributed by atoms with Gasteiger partial charge in [0.05, 0.1) is 5.52 Å². The van der Waals surface area contributed by atoms with Gasteiger partial charge in [-0.25, -0.2) is 19.9 Å². The number of aromatic nitrogens is 5. The molecule has 0 aliphatic rings. The molecular formula is C18H16BrN5S. The zero-order chi connectivity index (χ0) is 17.4. The highest BCUT2D eigenvalue weighted by atomic mass is 79.9. The molecule has 126 valence electrons. The molecule has 0 bridgehead atoms. The second-order valence-electron chi connectivity index (χ2n) is 5.85. The number of nitrogens with zero attached hydrogens (tertiary/aromatic N) is 5. The van der Waals surface area contributed by atoms with E-state index in [9.17, 15) is 0 Å². The first-order chi connectivity index (χ1) is 12.1.